The van der Waals surface area contributed by atoms with Crippen molar-refractivity contribution in [2.75, 3.05) is 13.1 Å². The number of phenols is 1. The Labute approximate surface area is 220 Å². The standard InChI is InChI=1S/C9H11NO3.2C5H9NO2.C3H7NO2.BH2O2/c10-8(9(12)13)5-6-1-3-7(11)4-2-6;2*7-5(8)4-2-1-3-6-4;1-2(4)3(5)6;2-1-3/h1-4,8,11H,5,10H2,(H,12,13);2*4,6H,1-3H2,(H,7,8);2H,4H2,1H3,(H,5,6);2-3H/t8-;2*4-;2-;/m0000./s1. The van der Waals surface area contributed by atoms with Crippen molar-refractivity contribution in [1.29, 1.82) is 0 Å². The largest absolute Gasteiger partial charge is 0.508 e. The number of aliphatic carboxylic acids is 4. The molecule has 13 N–H and O–H groups in total. The van der Waals surface area contributed by atoms with Gasteiger partial charge in [-0.3, -0.25) is 19.2 Å². The van der Waals surface area contributed by atoms with Crippen LogP contribution in [0.2, 0.25) is 0 Å². The summed E-state index contributed by atoms with van der Waals surface area (Å²) in [6.45, 7) is 3.14. The molecule has 215 valence electrons. The van der Waals surface area contributed by atoms with Crippen molar-refractivity contribution in [1.82, 2.24) is 10.6 Å². The number of hydrogen-bond acceptors (Lipinski definition) is 11. The van der Waals surface area contributed by atoms with E-state index in [1.807, 2.05) is 0 Å². The number of nitrogens with two attached hydrogens (primary N) is 2. The van der Waals surface area contributed by atoms with Gasteiger partial charge in [0.15, 0.2) is 0 Å². The van der Waals surface area contributed by atoms with Crippen LogP contribution in [-0.2, 0) is 25.6 Å². The predicted molar refractivity (Wildman–Crippen MR) is 136 cm³/mol. The van der Waals surface area contributed by atoms with Gasteiger partial charge in [0.1, 0.15) is 29.9 Å². The van der Waals surface area contributed by atoms with Crippen molar-refractivity contribution in [2.45, 2.75) is 63.2 Å². The van der Waals surface area contributed by atoms with Crippen molar-refractivity contribution in [3.05, 3.63) is 29.8 Å². The number of aromatic hydroxyl groups is 1. The summed E-state index contributed by atoms with van der Waals surface area (Å²) in [4.78, 5) is 40.2. The highest BCUT2D eigenvalue weighted by molar-refractivity contribution is 6.13. The van der Waals surface area contributed by atoms with E-state index in [1.165, 1.54) is 19.1 Å². The molecule has 0 saturated carbocycles. The summed E-state index contributed by atoms with van der Waals surface area (Å²) in [5.74, 6) is -3.26. The zero-order valence-electron chi connectivity index (χ0n) is 21.1. The molecule has 4 atom stereocenters. The fourth-order valence-electron chi connectivity index (χ4n) is 2.76. The molecular weight excluding hydrogens is 507 g/mol. The molecule has 16 heteroatoms. The first-order valence-electron chi connectivity index (χ1n) is 11.5. The zero-order valence-corrected chi connectivity index (χ0v) is 21.1. The Morgan fingerprint density at radius 3 is 1.45 bits per heavy atom. The number of benzene rings is 1. The van der Waals surface area contributed by atoms with Gasteiger partial charge in [0, 0.05) is 0 Å². The summed E-state index contributed by atoms with van der Waals surface area (Å²) in [7, 11) is 0. The molecule has 1 radical (unpaired) electrons. The Balaban J connectivity index is 0. The van der Waals surface area contributed by atoms with E-state index in [1.54, 1.807) is 12.1 Å². The molecule has 2 fully saturated rings. The Morgan fingerprint density at radius 2 is 1.24 bits per heavy atom. The molecule has 0 aromatic heterocycles. The second-order valence-electron chi connectivity index (χ2n) is 8.03. The summed E-state index contributed by atoms with van der Waals surface area (Å²) in [6, 6.07) is 4.16. The average molecular weight is 545 g/mol. The number of hydrogen-bond donors (Lipinski definition) is 11. The number of carboxylic acid groups (broad SMARTS) is 4. The lowest BCUT2D eigenvalue weighted by Gasteiger charge is -2.05. The number of rotatable bonds is 6. The third-order valence-corrected chi connectivity index (χ3v) is 4.82. The molecule has 0 aliphatic carbocycles. The van der Waals surface area contributed by atoms with Crippen LogP contribution < -0.4 is 22.1 Å². The van der Waals surface area contributed by atoms with E-state index in [-0.39, 0.29) is 31.9 Å². The lowest BCUT2D eigenvalue weighted by atomic mass is 10.1. The molecule has 2 aliphatic rings. The smallest absolute Gasteiger partial charge is 0.482 e. The molecule has 2 aliphatic heterocycles. The van der Waals surface area contributed by atoms with Crippen LogP contribution in [0.1, 0.15) is 38.2 Å². The van der Waals surface area contributed by atoms with Crippen LogP contribution in [0.3, 0.4) is 0 Å². The van der Waals surface area contributed by atoms with Gasteiger partial charge in [0.05, 0.1) is 0 Å². The third kappa shape index (κ3) is 19.9. The van der Waals surface area contributed by atoms with E-state index in [0.717, 1.165) is 44.3 Å². The van der Waals surface area contributed by atoms with Crippen LogP contribution in [0.25, 0.3) is 0 Å². The van der Waals surface area contributed by atoms with Crippen molar-refractivity contribution < 1.29 is 54.8 Å². The average Bonchev–Trinajstić information content (AvgIpc) is 3.57. The van der Waals surface area contributed by atoms with E-state index < -0.39 is 36.0 Å². The van der Waals surface area contributed by atoms with E-state index in [4.69, 9.17) is 47.0 Å². The minimum absolute atomic E-state index is 0. The molecule has 0 amide bonds. The molecule has 38 heavy (non-hydrogen) atoms. The first-order chi connectivity index (χ1) is 17.8. The molecule has 2 heterocycles. The molecule has 0 unspecified atom stereocenters. The van der Waals surface area contributed by atoms with Gasteiger partial charge in [-0.05, 0) is 69.8 Å². The second-order valence-corrected chi connectivity index (χ2v) is 8.03. The Hall–Kier alpha value is -3.28. The lowest BCUT2D eigenvalue weighted by Crippen LogP contribution is -2.32. The maximum atomic E-state index is 10.4. The fraction of sp³-hybridized carbons (Fsp3) is 0.545. The van der Waals surface area contributed by atoms with Gasteiger partial charge in [-0.15, -0.1) is 0 Å². The van der Waals surface area contributed by atoms with Gasteiger partial charge in [-0.1, -0.05) is 12.1 Å². The minimum Gasteiger partial charge on any atom is -0.508 e. The van der Waals surface area contributed by atoms with Gasteiger partial charge < -0.3 is 57.7 Å². The molecular formula is C22H38BN4O11. The van der Waals surface area contributed by atoms with E-state index in [0.29, 0.717) is 0 Å². The molecule has 0 spiro atoms. The second kappa shape index (κ2) is 21.8. The van der Waals surface area contributed by atoms with Crippen LogP contribution >= 0.6 is 0 Å². The molecule has 15 nitrogen and oxygen atoms in total. The van der Waals surface area contributed by atoms with E-state index >= 15 is 0 Å². The predicted octanol–water partition coefficient (Wildman–Crippen LogP) is -2.08. The molecule has 1 aromatic carbocycles. The molecule has 1 aromatic rings. The minimum atomic E-state index is -1.02. The van der Waals surface area contributed by atoms with Crippen molar-refractivity contribution >= 4 is 31.6 Å². The highest BCUT2D eigenvalue weighted by atomic mass is 16.4. The van der Waals surface area contributed by atoms with Crippen molar-refractivity contribution in [3.63, 3.8) is 0 Å². The highest BCUT2D eigenvalue weighted by Gasteiger charge is 2.20. The normalized spacial score (nSPS) is 18.7. The van der Waals surface area contributed by atoms with E-state index in [9.17, 15) is 19.2 Å². The monoisotopic (exact) mass is 545 g/mol. The van der Waals surface area contributed by atoms with Gasteiger partial charge in [0.2, 0.25) is 0 Å². The Morgan fingerprint density at radius 1 is 0.868 bits per heavy atom. The topological polar surface area (TPSA) is 286 Å². The maximum absolute atomic E-state index is 10.4. The fourth-order valence-corrected chi connectivity index (χ4v) is 2.76. The number of phenolic OH excluding ortho intramolecular Hbond substituents is 1. The summed E-state index contributed by atoms with van der Waals surface area (Å²) in [6.07, 6.45) is 3.84. The Kier molecular flexibility index (Phi) is 21.1. The SMILES string of the molecule is C[C@H](N)C(=O)O.N[C@@H](Cc1ccc(O)cc1)C(=O)O.O=C(O)[C@@H]1CCCN1.O=C(O)[C@@H]1CCCN1.O[B]O. The van der Waals surface area contributed by atoms with Crippen LogP contribution in [-0.4, -0.2) is 104 Å². The summed E-state index contributed by atoms with van der Waals surface area (Å²) >= 11 is 0. The van der Waals surface area contributed by atoms with Gasteiger partial charge in [-0.2, -0.15) is 0 Å². The molecule has 2 saturated heterocycles. The van der Waals surface area contributed by atoms with Gasteiger partial charge in [-0.25, -0.2) is 0 Å². The van der Waals surface area contributed by atoms with Crippen LogP contribution in [0.5, 0.6) is 5.75 Å². The third-order valence-electron chi connectivity index (χ3n) is 4.82. The number of nitrogens with one attached hydrogen (secondary N) is 2. The van der Waals surface area contributed by atoms with Crippen LogP contribution in [0, 0.1) is 0 Å². The molecule has 0 bridgehead atoms. The summed E-state index contributed by atoms with van der Waals surface area (Å²) in [5.41, 5.74) is 11.0. The maximum Gasteiger partial charge on any atom is 0.482 e. The molecule has 3 rings (SSSR count). The Bertz CT molecular complexity index is 790. The quantitative estimate of drug-likeness (QED) is 0.171. The summed E-state index contributed by atoms with van der Waals surface area (Å²) < 4.78 is 0. The highest BCUT2D eigenvalue weighted by Crippen LogP contribution is 2.10. The lowest BCUT2D eigenvalue weighted by molar-refractivity contribution is -0.140. The van der Waals surface area contributed by atoms with Gasteiger partial charge in [0.25, 0.3) is 0 Å². The van der Waals surface area contributed by atoms with Gasteiger partial charge >= 0.3 is 31.6 Å². The first-order valence-corrected chi connectivity index (χ1v) is 11.5. The van der Waals surface area contributed by atoms with Crippen LogP contribution in [0.4, 0.5) is 0 Å². The van der Waals surface area contributed by atoms with E-state index in [2.05, 4.69) is 10.6 Å². The van der Waals surface area contributed by atoms with Crippen LogP contribution in [0.15, 0.2) is 24.3 Å². The van der Waals surface area contributed by atoms with Crippen molar-refractivity contribution in [2.24, 2.45) is 11.5 Å². The number of carbonyl (C=O) groups is 4. The zero-order chi connectivity index (χ0) is 29.7. The number of carboxylic acids is 4. The summed E-state index contributed by atoms with van der Waals surface area (Å²) in [5, 5.41) is 61.8. The van der Waals surface area contributed by atoms with Crippen molar-refractivity contribution in [3.8, 4) is 5.75 Å². The first kappa shape index (κ1) is 36.9.